The Kier molecular flexibility index (Phi) is 4.61. The summed E-state index contributed by atoms with van der Waals surface area (Å²) in [4.78, 5) is 17.4. The Balaban J connectivity index is 1.54. The maximum absolute atomic E-state index is 12.7. The first kappa shape index (κ1) is 14.3. The van der Waals surface area contributed by atoms with E-state index in [9.17, 15) is 4.79 Å². The first-order valence-corrected chi connectivity index (χ1v) is 8.52. The minimum Gasteiger partial charge on any atom is -0.340 e. The van der Waals surface area contributed by atoms with Crippen LogP contribution in [0.2, 0.25) is 0 Å². The molecule has 3 fully saturated rings. The van der Waals surface area contributed by atoms with E-state index in [0.29, 0.717) is 17.9 Å². The summed E-state index contributed by atoms with van der Waals surface area (Å²) in [5, 5.41) is 3.44. The Bertz CT molecular complexity index is 341. The summed E-state index contributed by atoms with van der Waals surface area (Å²) in [5.74, 6) is 0.849. The summed E-state index contributed by atoms with van der Waals surface area (Å²) in [7, 11) is 0. The van der Waals surface area contributed by atoms with Gasteiger partial charge in [-0.15, -0.1) is 0 Å². The van der Waals surface area contributed by atoms with E-state index in [2.05, 4.69) is 22.0 Å². The van der Waals surface area contributed by atoms with Gasteiger partial charge in [0.2, 0.25) is 5.91 Å². The van der Waals surface area contributed by atoms with E-state index in [1.54, 1.807) is 0 Å². The van der Waals surface area contributed by atoms with Crippen LogP contribution in [0.3, 0.4) is 0 Å². The van der Waals surface area contributed by atoms with Gasteiger partial charge in [0.05, 0.1) is 6.04 Å². The zero-order valence-corrected chi connectivity index (χ0v) is 12.8. The molecule has 3 aliphatic rings. The molecule has 0 aromatic carbocycles. The van der Waals surface area contributed by atoms with E-state index < -0.39 is 0 Å². The number of nitrogens with zero attached hydrogens (tertiary/aromatic N) is 2. The zero-order chi connectivity index (χ0) is 13.9. The van der Waals surface area contributed by atoms with Crippen LogP contribution in [0.1, 0.15) is 45.4 Å². The third kappa shape index (κ3) is 3.01. The third-order valence-electron chi connectivity index (χ3n) is 5.42. The smallest absolute Gasteiger partial charge is 0.240 e. The summed E-state index contributed by atoms with van der Waals surface area (Å²) >= 11 is 0. The highest BCUT2D eigenvalue weighted by atomic mass is 16.2. The fraction of sp³-hybridized carbons (Fsp3) is 0.938. The maximum atomic E-state index is 12.7. The van der Waals surface area contributed by atoms with Crippen molar-refractivity contribution < 1.29 is 4.79 Å². The van der Waals surface area contributed by atoms with Crippen molar-refractivity contribution in [1.29, 1.82) is 0 Å². The summed E-state index contributed by atoms with van der Waals surface area (Å²) in [6.45, 7) is 7.63. The second-order valence-electron chi connectivity index (χ2n) is 6.87. The van der Waals surface area contributed by atoms with Crippen LogP contribution in [-0.4, -0.2) is 60.5 Å². The van der Waals surface area contributed by atoms with E-state index in [-0.39, 0.29) is 6.04 Å². The van der Waals surface area contributed by atoms with Gasteiger partial charge in [-0.3, -0.25) is 9.69 Å². The first-order chi connectivity index (χ1) is 9.75. The zero-order valence-electron chi connectivity index (χ0n) is 12.8. The standard InChI is InChI=1S/C16H29N3O/c1-13-6-5-8-17-15(13)16(20)19-11-7-14(12-19)18-9-3-2-4-10-18/h13-15,17H,2-12H2,1H3. The Hall–Kier alpha value is -0.610. The highest BCUT2D eigenvalue weighted by Gasteiger charge is 2.36. The number of carbonyl (C=O) groups is 1. The van der Waals surface area contributed by atoms with Crippen molar-refractivity contribution in [2.24, 2.45) is 5.92 Å². The van der Waals surface area contributed by atoms with Crippen LogP contribution in [0.15, 0.2) is 0 Å². The molecule has 0 radical (unpaired) electrons. The second-order valence-corrected chi connectivity index (χ2v) is 6.87. The predicted octanol–water partition coefficient (Wildman–Crippen LogP) is 1.46. The predicted molar refractivity (Wildman–Crippen MR) is 80.6 cm³/mol. The molecule has 0 spiro atoms. The third-order valence-corrected chi connectivity index (χ3v) is 5.42. The van der Waals surface area contributed by atoms with Gasteiger partial charge in [0.25, 0.3) is 0 Å². The van der Waals surface area contributed by atoms with Gasteiger partial charge in [-0.25, -0.2) is 0 Å². The lowest BCUT2D eigenvalue weighted by molar-refractivity contribution is -0.134. The molecule has 114 valence electrons. The first-order valence-electron chi connectivity index (χ1n) is 8.52. The van der Waals surface area contributed by atoms with Crippen molar-refractivity contribution >= 4 is 5.91 Å². The second kappa shape index (κ2) is 6.44. The lowest BCUT2D eigenvalue weighted by atomic mass is 9.92. The fourth-order valence-electron chi connectivity index (χ4n) is 4.10. The minimum absolute atomic E-state index is 0.0730. The molecule has 0 bridgehead atoms. The van der Waals surface area contributed by atoms with Crippen molar-refractivity contribution in [3.05, 3.63) is 0 Å². The molecular weight excluding hydrogens is 250 g/mol. The van der Waals surface area contributed by atoms with Crippen molar-refractivity contribution in [3.8, 4) is 0 Å². The topological polar surface area (TPSA) is 35.6 Å². The molecule has 20 heavy (non-hydrogen) atoms. The monoisotopic (exact) mass is 279 g/mol. The minimum atomic E-state index is 0.0730. The van der Waals surface area contributed by atoms with Gasteiger partial charge in [0, 0.05) is 19.1 Å². The molecule has 0 aliphatic carbocycles. The normalized spacial score (nSPS) is 36.2. The molecule has 0 aromatic rings. The van der Waals surface area contributed by atoms with Crippen LogP contribution in [0, 0.1) is 5.92 Å². The maximum Gasteiger partial charge on any atom is 0.240 e. The summed E-state index contributed by atoms with van der Waals surface area (Å²) in [6.07, 6.45) is 7.63. The number of carbonyl (C=O) groups excluding carboxylic acids is 1. The number of piperidine rings is 2. The molecule has 4 heteroatoms. The quantitative estimate of drug-likeness (QED) is 0.831. The SMILES string of the molecule is CC1CCCNC1C(=O)N1CCC(N2CCCCC2)C1. The van der Waals surface area contributed by atoms with Gasteiger partial charge in [-0.2, -0.15) is 0 Å². The summed E-state index contributed by atoms with van der Waals surface area (Å²) in [6, 6.07) is 0.696. The molecule has 4 nitrogen and oxygen atoms in total. The number of hydrogen-bond acceptors (Lipinski definition) is 3. The van der Waals surface area contributed by atoms with Gasteiger partial charge in [0.15, 0.2) is 0 Å². The number of rotatable bonds is 2. The number of amides is 1. The molecule has 0 aromatic heterocycles. The van der Waals surface area contributed by atoms with Crippen LogP contribution < -0.4 is 5.32 Å². The summed E-state index contributed by atoms with van der Waals surface area (Å²) < 4.78 is 0. The molecule has 1 N–H and O–H groups in total. The van der Waals surface area contributed by atoms with E-state index in [0.717, 1.165) is 19.6 Å². The molecular formula is C16H29N3O. The average molecular weight is 279 g/mol. The molecule has 3 heterocycles. The highest BCUT2D eigenvalue weighted by Crippen LogP contribution is 2.23. The number of nitrogens with one attached hydrogen (secondary N) is 1. The van der Waals surface area contributed by atoms with Gasteiger partial charge in [-0.05, 0) is 57.7 Å². The Morgan fingerprint density at radius 2 is 1.85 bits per heavy atom. The van der Waals surface area contributed by atoms with E-state index >= 15 is 0 Å². The average Bonchev–Trinajstić information content (AvgIpc) is 2.98. The van der Waals surface area contributed by atoms with Crippen LogP contribution in [0.25, 0.3) is 0 Å². The highest BCUT2D eigenvalue weighted by molar-refractivity contribution is 5.82. The lowest BCUT2D eigenvalue weighted by Crippen LogP contribution is -2.52. The van der Waals surface area contributed by atoms with Gasteiger partial charge < -0.3 is 10.2 Å². The van der Waals surface area contributed by atoms with E-state index in [1.165, 1.54) is 51.6 Å². The fourth-order valence-corrected chi connectivity index (χ4v) is 4.10. The van der Waals surface area contributed by atoms with Crippen molar-refractivity contribution in [2.75, 3.05) is 32.7 Å². The van der Waals surface area contributed by atoms with Crippen molar-refractivity contribution in [1.82, 2.24) is 15.1 Å². The largest absolute Gasteiger partial charge is 0.340 e. The molecule has 3 atom stereocenters. The lowest BCUT2D eigenvalue weighted by Gasteiger charge is -2.34. The summed E-state index contributed by atoms with van der Waals surface area (Å²) in [5.41, 5.74) is 0. The van der Waals surface area contributed by atoms with E-state index in [1.807, 2.05) is 0 Å². The Morgan fingerprint density at radius 1 is 1.05 bits per heavy atom. The Morgan fingerprint density at radius 3 is 2.60 bits per heavy atom. The molecule has 3 aliphatic heterocycles. The van der Waals surface area contributed by atoms with Crippen LogP contribution in [0.5, 0.6) is 0 Å². The van der Waals surface area contributed by atoms with Crippen LogP contribution in [-0.2, 0) is 4.79 Å². The molecule has 3 rings (SSSR count). The van der Waals surface area contributed by atoms with Gasteiger partial charge >= 0.3 is 0 Å². The van der Waals surface area contributed by atoms with Crippen LogP contribution in [0.4, 0.5) is 0 Å². The molecule has 0 saturated carbocycles. The van der Waals surface area contributed by atoms with Crippen LogP contribution >= 0.6 is 0 Å². The van der Waals surface area contributed by atoms with Crippen molar-refractivity contribution in [3.63, 3.8) is 0 Å². The number of hydrogen-bond donors (Lipinski definition) is 1. The Labute approximate surface area is 122 Å². The number of likely N-dealkylation sites (tertiary alicyclic amines) is 2. The molecule has 3 saturated heterocycles. The van der Waals surface area contributed by atoms with Gasteiger partial charge in [-0.1, -0.05) is 13.3 Å². The molecule has 3 unspecified atom stereocenters. The van der Waals surface area contributed by atoms with Crippen molar-refractivity contribution in [2.45, 2.75) is 57.5 Å². The molecule has 1 amide bonds. The van der Waals surface area contributed by atoms with E-state index in [4.69, 9.17) is 0 Å². The van der Waals surface area contributed by atoms with Gasteiger partial charge in [0.1, 0.15) is 0 Å².